The molecular formula is C15H18N6S. The number of hydrogen-bond donors (Lipinski definition) is 2. The van der Waals surface area contributed by atoms with Crippen LogP contribution in [0.2, 0.25) is 0 Å². The standard InChI is InChI=1S/C15H18N6S/c1-3-22-14(17-2)13-8-9-18-15(21-13)20-12-6-4-11(5-7-12)10-19-16/h4-10H,3,16H2,1-2H3,(H,18,20,21)/b17-14?,19-10-. The molecule has 0 bridgehead atoms. The van der Waals surface area contributed by atoms with Crippen LogP contribution in [0.5, 0.6) is 0 Å². The molecule has 0 saturated carbocycles. The van der Waals surface area contributed by atoms with Crippen molar-refractivity contribution < 1.29 is 0 Å². The maximum absolute atomic E-state index is 5.13. The number of rotatable bonds is 5. The van der Waals surface area contributed by atoms with Crippen molar-refractivity contribution in [3.8, 4) is 0 Å². The fraction of sp³-hybridized carbons (Fsp3) is 0.200. The van der Waals surface area contributed by atoms with Crippen LogP contribution in [0.15, 0.2) is 46.6 Å². The van der Waals surface area contributed by atoms with Gasteiger partial charge in [-0.2, -0.15) is 5.10 Å². The van der Waals surface area contributed by atoms with Crippen molar-refractivity contribution in [2.24, 2.45) is 15.9 Å². The monoisotopic (exact) mass is 314 g/mol. The molecule has 1 aromatic heterocycles. The van der Waals surface area contributed by atoms with E-state index in [2.05, 4.69) is 32.3 Å². The largest absolute Gasteiger partial charge is 0.324 e. The number of hydrogen-bond acceptors (Lipinski definition) is 7. The third-order valence-corrected chi connectivity index (χ3v) is 3.70. The number of nitrogens with zero attached hydrogens (tertiary/aromatic N) is 4. The topological polar surface area (TPSA) is 88.5 Å². The van der Waals surface area contributed by atoms with Gasteiger partial charge in [-0.15, -0.1) is 11.8 Å². The predicted molar refractivity (Wildman–Crippen MR) is 94.1 cm³/mol. The van der Waals surface area contributed by atoms with E-state index in [9.17, 15) is 0 Å². The molecule has 114 valence electrons. The van der Waals surface area contributed by atoms with E-state index in [-0.39, 0.29) is 0 Å². The summed E-state index contributed by atoms with van der Waals surface area (Å²) in [5, 5.41) is 7.57. The van der Waals surface area contributed by atoms with Crippen molar-refractivity contribution in [2.75, 3.05) is 18.1 Å². The van der Waals surface area contributed by atoms with Crippen LogP contribution in [0.1, 0.15) is 18.2 Å². The summed E-state index contributed by atoms with van der Waals surface area (Å²) in [7, 11) is 1.77. The molecule has 0 fully saturated rings. The van der Waals surface area contributed by atoms with Crippen LogP contribution in [-0.4, -0.2) is 34.0 Å². The number of nitrogens with one attached hydrogen (secondary N) is 1. The van der Waals surface area contributed by atoms with Gasteiger partial charge in [0.05, 0.1) is 6.21 Å². The van der Waals surface area contributed by atoms with Gasteiger partial charge in [-0.25, -0.2) is 9.97 Å². The number of anilines is 2. The van der Waals surface area contributed by atoms with E-state index >= 15 is 0 Å². The van der Waals surface area contributed by atoms with Crippen LogP contribution in [0.4, 0.5) is 11.6 Å². The summed E-state index contributed by atoms with van der Waals surface area (Å²) in [6, 6.07) is 9.52. The highest BCUT2D eigenvalue weighted by atomic mass is 32.2. The van der Waals surface area contributed by atoms with E-state index < -0.39 is 0 Å². The Kier molecular flexibility index (Phi) is 5.91. The van der Waals surface area contributed by atoms with Crippen molar-refractivity contribution >= 4 is 34.7 Å². The quantitative estimate of drug-likeness (QED) is 0.383. The molecule has 0 aliphatic heterocycles. The number of hydrazone groups is 1. The lowest BCUT2D eigenvalue weighted by atomic mass is 10.2. The van der Waals surface area contributed by atoms with Gasteiger partial charge in [-0.3, -0.25) is 4.99 Å². The molecule has 0 aliphatic rings. The molecule has 0 amide bonds. The second kappa shape index (κ2) is 8.14. The second-order valence-corrected chi connectivity index (χ2v) is 5.51. The predicted octanol–water partition coefficient (Wildman–Crippen LogP) is 2.64. The molecule has 22 heavy (non-hydrogen) atoms. The Morgan fingerprint density at radius 1 is 1.32 bits per heavy atom. The Bertz CT molecular complexity index is 666. The minimum Gasteiger partial charge on any atom is -0.324 e. The molecule has 0 atom stereocenters. The Balaban J connectivity index is 2.16. The van der Waals surface area contributed by atoms with Crippen LogP contribution in [0.25, 0.3) is 0 Å². The summed E-state index contributed by atoms with van der Waals surface area (Å²) in [5.41, 5.74) is 2.64. The molecule has 0 aliphatic carbocycles. The van der Waals surface area contributed by atoms with Crippen LogP contribution < -0.4 is 11.2 Å². The van der Waals surface area contributed by atoms with E-state index in [1.54, 1.807) is 31.2 Å². The van der Waals surface area contributed by atoms with Gasteiger partial charge < -0.3 is 11.2 Å². The average Bonchev–Trinajstić information content (AvgIpc) is 2.55. The number of benzene rings is 1. The third kappa shape index (κ3) is 4.29. The van der Waals surface area contributed by atoms with Gasteiger partial charge in [0, 0.05) is 18.9 Å². The molecule has 0 radical (unpaired) electrons. The van der Waals surface area contributed by atoms with Crippen molar-refractivity contribution in [1.82, 2.24) is 9.97 Å². The minimum atomic E-state index is 0.538. The van der Waals surface area contributed by atoms with Crippen LogP contribution in [0.3, 0.4) is 0 Å². The molecule has 3 N–H and O–H groups in total. The molecular weight excluding hydrogens is 296 g/mol. The average molecular weight is 314 g/mol. The van der Waals surface area contributed by atoms with E-state index in [4.69, 9.17) is 5.84 Å². The van der Waals surface area contributed by atoms with Crippen LogP contribution in [0, 0.1) is 0 Å². The van der Waals surface area contributed by atoms with Gasteiger partial charge in [0.1, 0.15) is 10.7 Å². The van der Waals surface area contributed by atoms with Crippen LogP contribution >= 0.6 is 11.8 Å². The van der Waals surface area contributed by atoms with E-state index in [0.717, 1.165) is 27.7 Å². The highest BCUT2D eigenvalue weighted by molar-refractivity contribution is 8.14. The fourth-order valence-corrected chi connectivity index (χ4v) is 2.46. The van der Waals surface area contributed by atoms with Crippen molar-refractivity contribution in [3.05, 3.63) is 47.8 Å². The second-order valence-electron chi connectivity index (χ2n) is 4.25. The maximum Gasteiger partial charge on any atom is 0.227 e. The SMILES string of the molecule is CCSC(=NC)c1ccnc(Nc2ccc(/C=N\N)cc2)n1. The number of thioether (sulfide) groups is 1. The number of aromatic nitrogens is 2. The van der Waals surface area contributed by atoms with E-state index in [0.29, 0.717) is 5.95 Å². The maximum atomic E-state index is 5.13. The zero-order chi connectivity index (χ0) is 15.8. The van der Waals surface area contributed by atoms with E-state index in [1.165, 1.54) is 0 Å². The van der Waals surface area contributed by atoms with Gasteiger partial charge in [-0.05, 0) is 29.5 Å². The fourth-order valence-electron chi connectivity index (χ4n) is 1.80. The normalized spacial score (nSPS) is 11.8. The molecule has 6 nitrogen and oxygen atoms in total. The first-order valence-corrected chi connectivity index (χ1v) is 7.78. The number of aliphatic imine (C=N–C) groups is 1. The minimum absolute atomic E-state index is 0.538. The molecule has 0 saturated heterocycles. The van der Waals surface area contributed by atoms with Gasteiger partial charge in [0.25, 0.3) is 0 Å². The molecule has 0 unspecified atom stereocenters. The van der Waals surface area contributed by atoms with Gasteiger partial charge in [0.15, 0.2) is 0 Å². The Morgan fingerprint density at radius 3 is 2.73 bits per heavy atom. The molecule has 0 spiro atoms. The van der Waals surface area contributed by atoms with Crippen molar-refractivity contribution in [3.63, 3.8) is 0 Å². The summed E-state index contributed by atoms with van der Waals surface area (Å²) in [6.45, 7) is 2.09. The summed E-state index contributed by atoms with van der Waals surface area (Å²) in [6.07, 6.45) is 3.31. The summed E-state index contributed by atoms with van der Waals surface area (Å²) >= 11 is 1.66. The molecule has 2 aromatic rings. The summed E-state index contributed by atoms with van der Waals surface area (Å²) in [5.74, 6) is 6.61. The Labute approximate surface area is 134 Å². The smallest absolute Gasteiger partial charge is 0.227 e. The van der Waals surface area contributed by atoms with Crippen molar-refractivity contribution in [1.29, 1.82) is 0 Å². The third-order valence-electron chi connectivity index (χ3n) is 2.75. The molecule has 7 heteroatoms. The van der Waals surface area contributed by atoms with Gasteiger partial charge in [-0.1, -0.05) is 19.1 Å². The first-order chi connectivity index (χ1) is 10.8. The van der Waals surface area contributed by atoms with Gasteiger partial charge >= 0.3 is 0 Å². The van der Waals surface area contributed by atoms with Crippen molar-refractivity contribution in [2.45, 2.75) is 6.92 Å². The lowest BCUT2D eigenvalue weighted by molar-refractivity contribution is 1.15. The summed E-state index contributed by atoms with van der Waals surface area (Å²) in [4.78, 5) is 13.0. The Morgan fingerprint density at radius 2 is 2.09 bits per heavy atom. The Hall–Kier alpha value is -2.41. The molecule has 2 rings (SSSR count). The highest BCUT2D eigenvalue weighted by Crippen LogP contribution is 2.16. The lowest BCUT2D eigenvalue weighted by Crippen LogP contribution is -2.04. The van der Waals surface area contributed by atoms with Crippen LogP contribution in [-0.2, 0) is 0 Å². The zero-order valence-electron chi connectivity index (χ0n) is 12.5. The number of nitrogens with two attached hydrogens (primary N) is 1. The first kappa shape index (κ1) is 16.0. The van der Waals surface area contributed by atoms with Gasteiger partial charge in [0.2, 0.25) is 5.95 Å². The molecule has 1 heterocycles. The molecule has 1 aromatic carbocycles. The van der Waals surface area contributed by atoms with E-state index in [1.807, 2.05) is 30.3 Å². The lowest BCUT2D eigenvalue weighted by Gasteiger charge is -2.07. The first-order valence-electron chi connectivity index (χ1n) is 6.80. The summed E-state index contributed by atoms with van der Waals surface area (Å²) < 4.78 is 0. The zero-order valence-corrected chi connectivity index (χ0v) is 13.3. The highest BCUT2D eigenvalue weighted by Gasteiger charge is 2.06.